The van der Waals surface area contributed by atoms with Crippen molar-refractivity contribution >= 4 is 17.7 Å². The molecular weight excluding hydrogens is 152 g/mol. The molecule has 0 aliphatic heterocycles. The maximum absolute atomic E-state index is 7.20. The van der Waals surface area contributed by atoms with Crippen molar-refractivity contribution in [3.05, 3.63) is 29.3 Å². The molecule has 1 rings (SSSR count). The second kappa shape index (κ2) is 3.04. The van der Waals surface area contributed by atoms with Gasteiger partial charge in [-0.2, -0.15) is 0 Å². The summed E-state index contributed by atoms with van der Waals surface area (Å²) in [5.74, 6) is -0.0687. The van der Waals surface area contributed by atoms with Gasteiger partial charge in [0, 0.05) is 23.0 Å². The molecule has 0 aliphatic rings. The molecule has 12 heavy (non-hydrogen) atoms. The van der Waals surface area contributed by atoms with Crippen LogP contribution in [0, 0.1) is 10.8 Å². The fourth-order valence-electron chi connectivity index (χ4n) is 0.933. The lowest BCUT2D eigenvalue weighted by Gasteiger charge is -2.03. The van der Waals surface area contributed by atoms with Gasteiger partial charge in [0.15, 0.2) is 0 Å². The molecule has 1 aromatic carbocycles. The Morgan fingerprint density at radius 3 is 2.58 bits per heavy atom. The van der Waals surface area contributed by atoms with Crippen LogP contribution in [0.15, 0.2) is 18.2 Å². The molecule has 0 heterocycles. The summed E-state index contributed by atoms with van der Waals surface area (Å²) in [6.45, 7) is 0. The van der Waals surface area contributed by atoms with E-state index in [2.05, 4.69) is 0 Å². The number of nitrogen functional groups attached to an aromatic ring is 2. The van der Waals surface area contributed by atoms with Gasteiger partial charge in [0.05, 0.1) is 0 Å². The number of benzene rings is 1. The molecule has 0 bridgehead atoms. The van der Waals surface area contributed by atoms with Crippen LogP contribution in [-0.2, 0) is 0 Å². The lowest BCUT2D eigenvalue weighted by molar-refractivity contribution is 1.41. The van der Waals surface area contributed by atoms with Gasteiger partial charge >= 0.3 is 0 Å². The number of amidine groups is 1. The Hall–Kier alpha value is -1.84. The maximum atomic E-state index is 7.20. The Balaban J connectivity index is 3.30. The highest BCUT2D eigenvalue weighted by molar-refractivity contribution is 6.03. The summed E-state index contributed by atoms with van der Waals surface area (Å²) in [6, 6.07) is 4.93. The monoisotopic (exact) mass is 162 g/mol. The van der Waals surface area contributed by atoms with E-state index in [9.17, 15) is 0 Å². The number of hydrogen-bond donors (Lipinski definition) is 4. The molecule has 0 spiro atoms. The SMILES string of the molecule is N=Cc1ccc(N)cc1C(=N)N. The number of rotatable bonds is 2. The fourth-order valence-corrected chi connectivity index (χ4v) is 0.933. The Labute approximate surface area is 70.2 Å². The second-order valence-corrected chi connectivity index (χ2v) is 2.40. The first kappa shape index (κ1) is 8.26. The lowest BCUT2D eigenvalue weighted by Crippen LogP contribution is -2.14. The van der Waals surface area contributed by atoms with Gasteiger partial charge in [0.1, 0.15) is 5.84 Å². The van der Waals surface area contributed by atoms with Crippen molar-refractivity contribution in [1.82, 2.24) is 0 Å². The van der Waals surface area contributed by atoms with Crippen molar-refractivity contribution in [1.29, 1.82) is 10.8 Å². The third-order valence-corrected chi connectivity index (χ3v) is 1.52. The highest BCUT2D eigenvalue weighted by Gasteiger charge is 2.02. The van der Waals surface area contributed by atoms with Crippen LogP contribution in [-0.4, -0.2) is 12.1 Å². The average Bonchev–Trinajstić information content (AvgIpc) is 2.04. The molecule has 0 aromatic heterocycles. The topological polar surface area (TPSA) is 99.7 Å². The quantitative estimate of drug-likeness (QED) is 0.290. The molecule has 0 unspecified atom stereocenters. The van der Waals surface area contributed by atoms with Gasteiger partial charge in [0.25, 0.3) is 0 Å². The summed E-state index contributed by atoms with van der Waals surface area (Å²) in [5, 5.41) is 14.2. The minimum Gasteiger partial charge on any atom is -0.399 e. The van der Waals surface area contributed by atoms with Gasteiger partial charge in [0.2, 0.25) is 0 Å². The fraction of sp³-hybridized carbons (Fsp3) is 0. The van der Waals surface area contributed by atoms with Crippen LogP contribution < -0.4 is 11.5 Å². The predicted molar refractivity (Wildman–Crippen MR) is 49.8 cm³/mol. The molecule has 0 atom stereocenters. The van der Waals surface area contributed by atoms with Gasteiger partial charge in [-0.15, -0.1) is 0 Å². The zero-order valence-electron chi connectivity index (χ0n) is 6.46. The van der Waals surface area contributed by atoms with Crippen molar-refractivity contribution in [3.63, 3.8) is 0 Å². The summed E-state index contributed by atoms with van der Waals surface area (Å²) < 4.78 is 0. The Bertz CT molecular complexity index is 330. The van der Waals surface area contributed by atoms with Crippen LogP contribution >= 0.6 is 0 Å². The van der Waals surface area contributed by atoms with Crippen molar-refractivity contribution in [2.45, 2.75) is 0 Å². The van der Waals surface area contributed by atoms with Crippen molar-refractivity contribution < 1.29 is 0 Å². The van der Waals surface area contributed by atoms with E-state index in [0.29, 0.717) is 16.8 Å². The van der Waals surface area contributed by atoms with E-state index >= 15 is 0 Å². The van der Waals surface area contributed by atoms with Gasteiger partial charge in [-0.3, -0.25) is 5.41 Å². The molecule has 6 N–H and O–H groups in total. The largest absolute Gasteiger partial charge is 0.399 e. The number of nitrogens with one attached hydrogen (secondary N) is 2. The number of nitrogens with two attached hydrogens (primary N) is 2. The van der Waals surface area contributed by atoms with Gasteiger partial charge < -0.3 is 16.9 Å². The molecule has 0 fully saturated rings. The zero-order chi connectivity index (χ0) is 9.14. The van der Waals surface area contributed by atoms with Crippen molar-refractivity contribution in [2.24, 2.45) is 5.73 Å². The van der Waals surface area contributed by atoms with Crippen LogP contribution in [0.5, 0.6) is 0 Å². The van der Waals surface area contributed by atoms with Gasteiger partial charge in [-0.05, 0) is 12.1 Å². The van der Waals surface area contributed by atoms with E-state index in [1.807, 2.05) is 0 Å². The first-order valence-corrected chi connectivity index (χ1v) is 3.39. The number of hydrogen-bond acceptors (Lipinski definition) is 3. The highest BCUT2D eigenvalue weighted by atomic mass is 14.7. The smallest absolute Gasteiger partial charge is 0.123 e. The molecule has 0 amide bonds. The molecule has 4 heteroatoms. The first-order valence-electron chi connectivity index (χ1n) is 3.39. The first-order chi connectivity index (χ1) is 5.65. The molecule has 0 aliphatic carbocycles. The Morgan fingerprint density at radius 2 is 2.08 bits per heavy atom. The van der Waals surface area contributed by atoms with Crippen LogP contribution in [0.1, 0.15) is 11.1 Å². The third-order valence-electron chi connectivity index (χ3n) is 1.52. The maximum Gasteiger partial charge on any atom is 0.123 e. The van der Waals surface area contributed by atoms with E-state index in [1.165, 1.54) is 0 Å². The molecule has 1 aromatic rings. The molecule has 4 nitrogen and oxygen atoms in total. The normalized spacial score (nSPS) is 9.33. The summed E-state index contributed by atoms with van der Waals surface area (Å²) in [5.41, 5.74) is 12.4. The van der Waals surface area contributed by atoms with Gasteiger partial charge in [-0.1, -0.05) is 6.07 Å². The highest BCUT2D eigenvalue weighted by Crippen LogP contribution is 2.10. The van der Waals surface area contributed by atoms with Crippen LogP contribution in [0.4, 0.5) is 5.69 Å². The summed E-state index contributed by atoms with van der Waals surface area (Å²) in [6.07, 6.45) is 1.15. The predicted octanol–water partition coefficient (Wildman–Crippen LogP) is 0.551. The van der Waals surface area contributed by atoms with Crippen LogP contribution in [0.3, 0.4) is 0 Å². The lowest BCUT2D eigenvalue weighted by atomic mass is 10.1. The minimum absolute atomic E-state index is 0.0687. The van der Waals surface area contributed by atoms with E-state index in [4.69, 9.17) is 22.3 Å². The molecule has 0 saturated carbocycles. The Morgan fingerprint density at radius 1 is 1.42 bits per heavy atom. The summed E-state index contributed by atoms with van der Waals surface area (Å²) in [7, 11) is 0. The molecule has 62 valence electrons. The van der Waals surface area contributed by atoms with Crippen LogP contribution in [0.2, 0.25) is 0 Å². The van der Waals surface area contributed by atoms with E-state index in [1.54, 1.807) is 18.2 Å². The van der Waals surface area contributed by atoms with Crippen LogP contribution in [0.25, 0.3) is 0 Å². The summed E-state index contributed by atoms with van der Waals surface area (Å²) >= 11 is 0. The number of anilines is 1. The Kier molecular flexibility index (Phi) is 2.09. The van der Waals surface area contributed by atoms with Gasteiger partial charge in [-0.25, -0.2) is 0 Å². The van der Waals surface area contributed by atoms with Crippen molar-refractivity contribution in [3.8, 4) is 0 Å². The second-order valence-electron chi connectivity index (χ2n) is 2.40. The molecule has 0 saturated heterocycles. The van der Waals surface area contributed by atoms with E-state index < -0.39 is 0 Å². The molecule has 0 radical (unpaired) electrons. The third kappa shape index (κ3) is 1.42. The minimum atomic E-state index is -0.0687. The van der Waals surface area contributed by atoms with E-state index in [0.717, 1.165) is 6.21 Å². The molecular formula is C8H10N4. The zero-order valence-corrected chi connectivity index (χ0v) is 6.46. The average molecular weight is 162 g/mol. The summed E-state index contributed by atoms with van der Waals surface area (Å²) in [4.78, 5) is 0. The van der Waals surface area contributed by atoms with Crippen molar-refractivity contribution in [2.75, 3.05) is 5.73 Å². The van der Waals surface area contributed by atoms with E-state index in [-0.39, 0.29) is 5.84 Å². The standard InChI is InChI=1S/C8H10N4/c9-4-5-1-2-6(10)3-7(5)8(11)12/h1-4,9H,10H2,(H3,11,12).